The first-order valence-corrected chi connectivity index (χ1v) is 6.76. The van der Waals surface area contributed by atoms with E-state index in [1.165, 1.54) is 0 Å². The molecule has 15 heavy (non-hydrogen) atoms. The summed E-state index contributed by atoms with van der Waals surface area (Å²) >= 11 is 0. The van der Waals surface area contributed by atoms with E-state index in [9.17, 15) is 8.42 Å². The molecule has 0 aromatic rings. The van der Waals surface area contributed by atoms with Gasteiger partial charge in [0.2, 0.25) is 10.0 Å². The first-order valence-electron chi connectivity index (χ1n) is 5.21. The van der Waals surface area contributed by atoms with Crippen molar-refractivity contribution in [1.82, 2.24) is 10.0 Å². The molecule has 0 bridgehead atoms. The number of hydrogen-bond acceptors (Lipinski definition) is 4. The highest BCUT2D eigenvalue weighted by Crippen LogP contribution is 2.06. The molecule has 86 valence electrons. The zero-order chi connectivity index (χ0) is 11.3. The zero-order valence-corrected chi connectivity index (χ0v) is 9.68. The van der Waals surface area contributed by atoms with Crippen molar-refractivity contribution in [2.75, 3.05) is 13.1 Å². The molecule has 0 aliphatic carbocycles. The molecule has 1 heterocycles. The van der Waals surface area contributed by atoms with Crippen LogP contribution >= 0.6 is 0 Å². The lowest BCUT2D eigenvalue weighted by molar-refractivity contribution is 0.545. The summed E-state index contributed by atoms with van der Waals surface area (Å²) in [5, 5.41) is 10.9. The molecule has 6 heteroatoms. The topological polar surface area (TPSA) is 82.0 Å². The lowest BCUT2D eigenvalue weighted by atomic mass is 10.2. The third-order valence-electron chi connectivity index (χ3n) is 2.58. The molecule has 0 saturated carbocycles. The molecule has 5 nitrogen and oxygen atoms in total. The van der Waals surface area contributed by atoms with Crippen molar-refractivity contribution in [2.45, 2.75) is 37.5 Å². The quantitative estimate of drug-likeness (QED) is 0.695. The summed E-state index contributed by atoms with van der Waals surface area (Å²) in [5.74, 6) is 0. The predicted molar refractivity (Wildman–Crippen MR) is 57.6 cm³/mol. The van der Waals surface area contributed by atoms with Crippen LogP contribution in [0, 0.1) is 11.3 Å². The highest BCUT2D eigenvalue weighted by molar-refractivity contribution is 7.90. The minimum Gasteiger partial charge on any atom is -0.313 e. The van der Waals surface area contributed by atoms with Gasteiger partial charge in [-0.1, -0.05) is 6.92 Å². The van der Waals surface area contributed by atoms with Gasteiger partial charge in [-0.2, -0.15) is 5.26 Å². The van der Waals surface area contributed by atoms with Gasteiger partial charge in [0.25, 0.3) is 0 Å². The minimum absolute atomic E-state index is 0.218. The van der Waals surface area contributed by atoms with Gasteiger partial charge in [-0.25, -0.2) is 13.1 Å². The molecular formula is C9H17N3O2S. The molecule has 0 aromatic heterocycles. The summed E-state index contributed by atoms with van der Waals surface area (Å²) in [6, 6.07) is 2.02. The third-order valence-corrected chi connectivity index (χ3v) is 4.34. The van der Waals surface area contributed by atoms with Gasteiger partial charge in [-0.05, 0) is 25.8 Å². The van der Waals surface area contributed by atoms with Gasteiger partial charge in [-0.15, -0.1) is 0 Å². The van der Waals surface area contributed by atoms with Crippen LogP contribution in [0.15, 0.2) is 0 Å². The van der Waals surface area contributed by atoms with E-state index in [-0.39, 0.29) is 6.04 Å². The van der Waals surface area contributed by atoms with Crippen molar-refractivity contribution < 1.29 is 8.42 Å². The van der Waals surface area contributed by atoms with E-state index in [0.717, 1.165) is 19.4 Å². The molecule has 0 aromatic carbocycles. The fraction of sp³-hybridized carbons (Fsp3) is 0.889. The van der Waals surface area contributed by atoms with Crippen molar-refractivity contribution >= 4 is 10.0 Å². The van der Waals surface area contributed by atoms with Crippen molar-refractivity contribution in [2.24, 2.45) is 0 Å². The van der Waals surface area contributed by atoms with Crippen LogP contribution in [0.3, 0.4) is 0 Å². The Balaban J connectivity index is 2.45. The highest BCUT2D eigenvalue weighted by Gasteiger charge is 2.24. The SMILES string of the molecule is CCC(C#N)S(=O)(=O)NCC1CCCN1. The van der Waals surface area contributed by atoms with Crippen molar-refractivity contribution in [3.8, 4) is 6.07 Å². The number of rotatable bonds is 5. The van der Waals surface area contributed by atoms with E-state index in [0.29, 0.717) is 13.0 Å². The monoisotopic (exact) mass is 231 g/mol. The van der Waals surface area contributed by atoms with Crippen molar-refractivity contribution in [3.05, 3.63) is 0 Å². The molecule has 1 rings (SSSR count). The van der Waals surface area contributed by atoms with Crippen LogP contribution < -0.4 is 10.0 Å². The second-order valence-electron chi connectivity index (χ2n) is 3.71. The molecule has 2 N–H and O–H groups in total. The number of nitrogens with zero attached hydrogens (tertiary/aromatic N) is 1. The van der Waals surface area contributed by atoms with E-state index >= 15 is 0 Å². The van der Waals surface area contributed by atoms with E-state index < -0.39 is 15.3 Å². The Morgan fingerprint density at radius 2 is 2.40 bits per heavy atom. The van der Waals surface area contributed by atoms with Crippen LogP contribution in [-0.2, 0) is 10.0 Å². The molecule has 2 atom stereocenters. The average molecular weight is 231 g/mol. The molecular weight excluding hydrogens is 214 g/mol. The fourth-order valence-corrected chi connectivity index (χ4v) is 2.84. The van der Waals surface area contributed by atoms with Gasteiger partial charge in [0, 0.05) is 12.6 Å². The van der Waals surface area contributed by atoms with Crippen molar-refractivity contribution in [1.29, 1.82) is 5.26 Å². The Bertz CT molecular complexity index is 328. The molecule has 0 amide bonds. The smallest absolute Gasteiger partial charge is 0.228 e. The summed E-state index contributed by atoms with van der Waals surface area (Å²) in [6.45, 7) is 3.03. The lowest BCUT2D eigenvalue weighted by Crippen LogP contribution is -2.41. The molecule has 0 radical (unpaired) electrons. The first kappa shape index (κ1) is 12.4. The third kappa shape index (κ3) is 3.45. The maximum Gasteiger partial charge on any atom is 0.228 e. The Morgan fingerprint density at radius 3 is 2.87 bits per heavy atom. The number of sulfonamides is 1. The summed E-state index contributed by atoms with van der Waals surface area (Å²) in [5.41, 5.74) is 0. The van der Waals surface area contributed by atoms with E-state index in [1.54, 1.807) is 13.0 Å². The summed E-state index contributed by atoms with van der Waals surface area (Å²) < 4.78 is 25.7. The first-order chi connectivity index (χ1) is 7.10. The van der Waals surface area contributed by atoms with Gasteiger partial charge in [0.1, 0.15) is 0 Å². The van der Waals surface area contributed by atoms with Gasteiger partial charge >= 0.3 is 0 Å². The maximum atomic E-state index is 11.6. The molecule has 1 saturated heterocycles. The zero-order valence-electron chi connectivity index (χ0n) is 8.86. The van der Waals surface area contributed by atoms with Gasteiger partial charge in [0.05, 0.1) is 6.07 Å². The second-order valence-corrected chi connectivity index (χ2v) is 5.66. The predicted octanol–water partition coefficient (Wildman–Crippen LogP) is -0.0400. The molecule has 0 spiro atoms. The van der Waals surface area contributed by atoms with Gasteiger partial charge in [0.15, 0.2) is 5.25 Å². The number of nitrogens with one attached hydrogen (secondary N) is 2. The molecule has 2 unspecified atom stereocenters. The molecule has 1 aliphatic rings. The number of nitriles is 1. The van der Waals surface area contributed by atoms with Crippen LogP contribution in [0.1, 0.15) is 26.2 Å². The number of hydrogen-bond donors (Lipinski definition) is 2. The Kier molecular flexibility index (Phi) is 4.51. The van der Waals surface area contributed by atoms with E-state index in [2.05, 4.69) is 10.0 Å². The standard InChI is InChI=1S/C9H17N3O2S/c1-2-9(6-10)15(13,14)12-7-8-4-3-5-11-8/h8-9,11-12H,2-5,7H2,1H3. The van der Waals surface area contributed by atoms with Crippen LogP contribution in [0.5, 0.6) is 0 Å². The fourth-order valence-electron chi connectivity index (χ4n) is 1.63. The van der Waals surface area contributed by atoms with Crippen LogP contribution in [0.2, 0.25) is 0 Å². The van der Waals surface area contributed by atoms with Crippen LogP contribution in [0.4, 0.5) is 0 Å². The molecule has 1 fully saturated rings. The van der Waals surface area contributed by atoms with Crippen LogP contribution in [0.25, 0.3) is 0 Å². The summed E-state index contributed by atoms with van der Waals surface area (Å²) in [7, 11) is -3.46. The Hall–Kier alpha value is -0.640. The minimum atomic E-state index is -3.46. The molecule has 1 aliphatic heterocycles. The van der Waals surface area contributed by atoms with Gasteiger partial charge in [-0.3, -0.25) is 0 Å². The summed E-state index contributed by atoms with van der Waals surface area (Å²) in [6.07, 6.45) is 2.40. The largest absolute Gasteiger partial charge is 0.313 e. The average Bonchev–Trinajstić information content (AvgIpc) is 2.69. The second kappa shape index (κ2) is 5.45. The van der Waals surface area contributed by atoms with Crippen LogP contribution in [-0.4, -0.2) is 32.8 Å². The lowest BCUT2D eigenvalue weighted by Gasteiger charge is -2.13. The van der Waals surface area contributed by atoms with Crippen molar-refractivity contribution in [3.63, 3.8) is 0 Å². The Morgan fingerprint density at radius 1 is 1.67 bits per heavy atom. The maximum absolute atomic E-state index is 11.6. The normalized spacial score (nSPS) is 23.6. The highest BCUT2D eigenvalue weighted by atomic mass is 32.2. The van der Waals surface area contributed by atoms with Gasteiger partial charge < -0.3 is 5.32 Å². The van der Waals surface area contributed by atoms with E-state index in [1.807, 2.05) is 0 Å². The Labute approximate surface area is 90.9 Å². The van der Waals surface area contributed by atoms with E-state index in [4.69, 9.17) is 5.26 Å². The summed E-state index contributed by atoms with van der Waals surface area (Å²) in [4.78, 5) is 0.